The molecule has 0 bridgehead atoms. The first kappa shape index (κ1) is 13.5. The van der Waals surface area contributed by atoms with Crippen LogP contribution in [0.2, 0.25) is 0 Å². The highest BCUT2D eigenvalue weighted by molar-refractivity contribution is 5.90. The molecule has 1 aromatic rings. The Bertz CT molecular complexity index is 352. The summed E-state index contributed by atoms with van der Waals surface area (Å²) in [5, 5.41) is 8.93. The molecule has 0 radical (unpaired) electrons. The Balaban J connectivity index is 2.34. The highest BCUT2D eigenvalue weighted by Crippen LogP contribution is 2.16. The molecule has 0 aliphatic heterocycles. The highest BCUT2D eigenvalue weighted by atomic mass is 16.6. The molecule has 1 rings (SSSR count). The van der Waals surface area contributed by atoms with E-state index in [0.29, 0.717) is 5.75 Å². The summed E-state index contributed by atoms with van der Waals surface area (Å²) in [6.07, 6.45) is 4.60. The van der Waals surface area contributed by atoms with Gasteiger partial charge in [-0.1, -0.05) is 38.3 Å². The van der Waals surface area contributed by atoms with Gasteiger partial charge in [0.2, 0.25) is 0 Å². The maximum absolute atomic E-state index is 10.9. The summed E-state index contributed by atoms with van der Waals surface area (Å²) >= 11 is 0. The second kappa shape index (κ2) is 7.68. The molecule has 0 unspecified atom stereocenters. The van der Waals surface area contributed by atoms with Gasteiger partial charge in [0.15, 0.2) is 5.75 Å². The number of rotatable bonds is 8. The molecule has 1 aromatic carbocycles. The second-order valence-corrected chi connectivity index (χ2v) is 3.86. The number of carboxylic acids is 1. The molecule has 4 heteroatoms. The minimum absolute atomic E-state index is 0.175. The van der Waals surface area contributed by atoms with Gasteiger partial charge in [-0.2, -0.15) is 5.48 Å². The lowest BCUT2D eigenvalue weighted by Gasteiger charge is -2.09. The largest absolute Gasteiger partial charge is 0.478 e. The molecule has 0 spiro atoms. The first-order chi connectivity index (χ1) is 8.25. The van der Waals surface area contributed by atoms with Crippen LogP contribution in [0, 0.1) is 0 Å². The third-order valence-electron chi connectivity index (χ3n) is 2.43. The van der Waals surface area contributed by atoms with E-state index in [-0.39, 0.29) is 5.56 Å². The average Bonchev–Trinajstić information content (AvgIpc) is 2.34. The summed E-state index contributed by atoms with van der Waals surface area (Å²) in [7, 11) is 0. The van der Waals surface area contributed by atoms with Crippen LogP contribution in [0.4, 0.5) is 0 Å². The zero-order chi connectivity index (χ0) is 12.5. The molecular weight excluding hydrogens is 218 g/mol. The van der Waals surface area contributed by atoms with Crippen LogP contribution in [-0.2, 0) is 0 Å². The number of aromatic carboxylic acids is 1. The van der Waals surface area contributed by atoms with E-state index in [0.717, 1.165) is 19.4 Å². The summed E-state index contributed by atoms with van der Waals surface area (Å²) < 4.78 is 0. The maximum Gasteiger partial charge on any atom is 0.339 e. The molecule has 0 aromatic heterocycles. The van der Waals surface area contributed by atoms with Gasteiger partial charge in [0.1, 0.15) is 5.56 Å². The number of carboxylic acid groups (broad SMARTS) is 1. The van der Waals surface area contributed by atoms with Gasteiger partial charge in [0.05, 0.1) is 0 Å². The Morgan fingerprint density at radius 2 is 2.06 bits per heavy atom. The lowest BCUT2D eigenvalue weighted by molar-refractivity contribution is 0.0687. The van der Waals surface area contributed by atoms with Gasteiger partial charge < -0.3 is 9.94 Å². The van der Waals surface area contributed by atoms with Crippen molar-refractivity contribution < 1.29 is 14.7 Å². The van der Waals surface area contributed by atoms with Crippen molar-refractivity contribution in [2.45, 2.75) is 32.6 Å². The molecule has 2 N–H and O–H groups in total. The van der Waals surface area contributed by atoms with Crippen molar-refractivity contribution >= 4 is 5.97 Å². The van der Waals surface area contributed by atoms with Crippen molar-refractivity contribution in [1.29, 1.82) is 0 Å². The lowest BCUT2D eigenvalue weighted by atomic mass is 10.2. The predicted molar refractivity (Wildman–Crippen MR) is 66.2 cm³/mol. The summed E-state index contributed by atoms with van der Waals surface area (Å²) in [6, 6.07) is 6.59. The normalized spacial score (nSPS) is 10.2. The van der Waals surface area contributed by atoms with Crippen molar-refractivity contribution in [3.8, 4) is 5.75 Å². The molecule has 0 aliphatic rings. The van der Waals surface area contributed by atoms with E-state index in [4.69, 9.17) is 9.94 Å². The van der Waals surface area contributed by atoms with Crippen molar-refractivity contribution in [2.24, 2.45) is 0 Å². The fourth-order valence-corrected chi connectivity index (χ4v) is 1.49. The number of benzene rings is 1. The zero-order valence-corrected chi connectivity index (χ0v) is 10.1. The van der Waals surface area contributed by atoms with Crippen molar-refractivity contribution in [1.82, 2.24) is 5.48 Å². The van der Waals surface area contributed by atoms with Crippen LogP contribution in [0.1, 0.15) is 43.0 Å². The summed E-state index contributed by atoms with van der Waals surface area (Å²) in [5.41, 5.74) is 2.97. The molecule has 0 aliphatic carbocycles. The average molecular weight is 237 g/mol. The van der Waals surface area contributed by atoms with Gasteiger partial charge in [0, 0.05) is 6.54 Å². The van der Waals surface area contributed by atoms with Gasteiger partial charge in [-0.3, -0.25) is 0 Å². The fourth-order valence-electron chi connectivity index (χ4n) is 1.49. The quantitative estimate of drug-likeness (QED) is 0.539. The molecule has 0 fully saturated rings. The van der Waals surface area contributed by atoms with Crippen LogP contribution >= 0.6 is 0 Å². The smallest absolute Gasteiger partial charge is 0.339 e. The Kier molecular flexibility index (Phi) is 6.10. The molecule has 4 nitrogen and oxygen atoms in total. The van der Waals surface area contributed by atoms with E-state index in [1.807, 2.05) is 0 Å². The summed E-state index contributed by atoms with van der Waals surface area (Å²) in [6.45, 7) is 2.89. The Morgan fingerprint density at radius 1 is 1.29 bits per heavy atom. The number of unbranched alkanes of at least 4 members (excludes halogenated alkanes) is 3. The molecule has 0 amide bonds. The van der Waals surface area contributed by atoms with Gasteiger partial charge in [-0.25, -0.2) is 4.79 Å². The van der Waals surface area contributed by atoms with Crippen LogP contribution in [0.3, 0.4) is 0 Å². The number of para-hydroxylation sites is 1. The zero-order valence-electron chi connectivity index (χ0n) is 10.1. The minimum Gasteiger partial charge on any atom is -0.478 e. The van der Waals surface area contributed by atoms with Crippen molar-refractivity contribution in [3.63, 3.8) is 0 Å². The maximum atomic E-state index is 10.9. The van der Waals surface area contributed by atoms with Crippen LogP contribution < -0.4 is 10.3 Å². The Labute approximate surface area is 102 Å². The molecule has 0 saturated carbocycles. The van der Waals surface area contributed by atoms with Crippen molar-refractivity contribution in [3.05, 3.63) is 29.8 Å². The van der Waals surface area contributed by atoms with Crippen LogP contribution in [-0.4, -0.2) is 17.6 Å². The number of hydroxylamine groups is 1. The summed E-state index contributed by atoms with van der Waals surface area (Å²) in [4.78, 5) is 16.1. The van der Waals surface area contributed by atoms with E-state index < -0.39 is 5.97 Å². The molecule has 0 heterocycles. The first-order valence-electron chi connectivity index (χ1n) is 5.97. The van der Waals surface area contributed by atoms with E-state index in [9.17, 15) is 4.79 Å². The number of hydrogen-bond donors (Lipinski definition) is 2. The third-order valence-corrected chi connectivity index (χ3v) is 2.43. The predicted octanol–water partition coefficient (Wildman–Crippen LogP) is 2.85. The van der Waals surface area contributed by atoms with E-state index in [1.54, 1.807) is 18.2 Å². The fraction of sp³-hybridized carbons (Fsp3) is 0.462. The number of carbonyl (C=O) groups is 1. The molecule has 17 heavy (non-hydrogen) atoms. The Morgan fingerprint density at radius 3 is 2.76 bits per heavy atom. The molecular formula is C13H19NO3. The molecule has 0 atom stereocenters. The topological polar surface area (TPSA) is 58.6 Å². The monoisotopic (exact) mass is 237 g/mol. The molecule has 0 saturated heterocycles. The van der Waals surface area contributed by atoms with Crippen LogP contribution in [0.5, 0.6) is 5.75 Å². The van der Waals surface area contributed by atoms with Gasteiger partial charge in [-0.15, -0.1) is 0 Å². The molecule has 94 valence electrons. The van der Waals surface area contributed by atoms with E-state index >= 15 is 0 Å². The highest BCUT2D eigenvalue weighted by Gasteiger charge is 2.09. The standard InChI is InChI=1S/C13H19NO3/c1-2-3-4-7-10-14-17-12-9-6-5-8-11(12)13(15)16/h5-6,8-9,14H,2-4,7,10H2,1H3,(H,15,16). The summed E-state index contributed by atoms with van der Waals surface area (Å²) in [5.74, 6) is -0.621. The second-order valence-electron chi connectivity index (χ2n) is 3.86. The Hall–Kier alpha value is -1.55. The number of hydrogen-bond acceptors (Lipinski definition) is 3. The number of nitrogens with one attached hydrogen (secondary N) is 1. The van der Waals surface area contributed by atoms with Gasteiger partial charge in [0.25, 0.3) is 0 Å². The van der Waals surface area contributed by atoms with Gasteiger partial charge >= 0.3 is 5.97 Å². The van der Waals surface area contributed by atoms with E-state index in [1.165, 1.54) is 18.9 Å². The van der Waals surface area contributed by atoms with Crippen LogP contribution in [0.25, 0.3) is 0 Å². The lowest BCUT2D eigenvalue weighted by Crippen LogP contribution is -2.21. The minimum atomic E-state index is -0.978. The third kappa shape index (κ3) is 4.87. The van der Waals surface area contributed by atoms with Crippen molar-refractivity contribution in [2.75, 3.05) is 6.54 Å². The van der Waals surface area contributed by atoms with Gasteiger partial charge in [-0.05, 0) is 18.6 Å². The SMILES string of the molecule is CCCCCCNOc1ccccc1C(=O)O. The van der Waals surface area contributed by atoms with E-state index in [2.05, 4.69) is 12.4 Å². The first-order valence-corrected chi connectivity index (χ1v) is 5.97. The van der Waals surface area contributed by atoms with Crippen LogP contribution in [0.15, 0.2) is 24.3 Å².